The van der Waals surface area contributed by atoms with E-state index in [4.69, 9.17) is 0 Å². The quantitative estimate of drug-likeness (QED) is 0.0499. The molecule has 6 heterocycles. The molecular weight excluding hydrogens is 1100 g/mol. The fourth-order valence-corrected chi connectivity index (χ4v) is 13.4. The third-order valence-corrected chi connectivity index (χ3v) is 18.2. The number of halogens is 8. The van der Waals surface area contributed by atoms with Gasteiger partial charge in [-0.1, -0.05) is 0 Å². The molecule has 0 aromatic carbocycles. The number of carbonyl (C=O) groups excluding carboxylic acids is 4. The van der Waals surface area contributed by atoms with Gasteiger partial charge in [0.25, 0.3) is 24.7 Å². The number of hydrogen-bond donors (Lipinski definition) is 6. The van der Waals surface area contributed by atoms with Crippen molar-refractivity contribution >= 4 is 79.8 Å². The fraction of sp³-hybridized carbons (Fsp3) is 0.560. The lowest BCUT2D eigenvalue weighted by Crippen LogP contribution is -2.45. The number of aryl methyl sites for hydroxylation is 4. The summed E-state index contributed by atoms with van der Waals surface area (Å²) in [5.74, 6) is -0.926. The summed E-state index contributed by atoms with van der Waals surface area (Å²) in [6.07, 6.45) is -1.08. The van der Waals surface area contributed by atoms with Gasteiger partial charge in [-0.05, 0) is 101 Å². The predicted molar refractivity (Wildman–Crippen MR) is 277 cm³/mol. The first-order valence-electron chi connectivity index (χ1n) is 26.4. The molecule has 6 N–H and O–H groups in total. The SMILES string of the molecule is Cn1nc(C(F)F)cc1Nc1nncn1[C@H]1CCc2sc(NC(=O)C3CC(F)C3)c(C(=O)NC3CC(F)C3)c2C1.Cn1nc(C(F)F)cc1Nc1nncn1[C@H]1CCc2sc(NC(=O)C3CC(F)C3)c(C(=O)NC3CC(F)C3)c2C1. The van der Waals surface area contributed by atoms with E-state index in [0.29, 0.717) is 83.2 Å². The zero-order valence-corrected chi connectivity index (χ0v) is 44.7. The Bertz CT molecular complexity index is 3060. The standard InChI is InChI=1S/2C25H28F4N8O2S/c2*1-36-19(9-17(35-36)21(28)29)32-25-34-30-10-37(25)15-2-3-18-16(8-15)20(23(39)31-14-6-13(27)7-14)24(40-18)33-22(38)11-4-12(26)5-11/h2*9-15,21H,2-8H2,1H3,(H,31,39)(H,32,34)(H,33,38)/t2*11?,12?,13?,14?,15-/m00/s1. The average Bonchev–Trinajstić information content (AvgIpc) is 4.26. The van der Waals surface area contributed by atoms with Gasteiger partial charge in [0.15, 0.2) is 0 Å². The monoisotopic (exact) mass is 1160 g/mol. The first-order chi connectivity index (χ1) is 38.3. The van der Waals surface area contributed by atoms with Gasteiger partial charge in [-0.25, -0.2) is 35.1 Å². The van der Waals surface area contributed by atoms with Crippen LogP contribution in [-0.4, -0.2) is 109 Å². The van der Waals surface area contributed by atoms with Crippen molar-refractivity contribution in [1.82, 2.24) is 59.7 Å². The summed E-state index contributed by atoms with van der Waals surface area (Å²) in [5.41, 5.74) is 1.54. The maximum absolute atomic E-state index is 13.4. The van der Waals surface area contributed by atoms with Crippen LogP contribution in [0.2, 0.25) is 0 Å². The van der Waals surface area contributed by atoms with Crippen molar-refractivity contribution in [3.63, 3.8) is 0 Å². The summed E-state index contributed by atoms with van der Waals surface area (Å²) in [4.78, 5) is 54.3. The van der Waals surface area contributed by atoms with Gasteiger partial charge >= 0.3 is 0 Å². The Morgan fingerprint density at radius 2 is 0.950 bits per heavy atom. The minimum absolute atomic E-state index is 0.166. The molecule has 80 heavy (non-hydrogen) atoms. The van der Waals surface area contributed by atoms with E-state index in [1.165, 1.54) is 56.8 Å². The number of hydrogen-bond acceptors (Lipinski definition) is 14. The van der Waals surface area contributed by atoms with Gasteiger partial charge in [0.05, 0.1) is 11.1 Å². The Kier molecular flexibility index (Phi) is 15.5. The van der Waals surface area contributed by atoms with Gasteiger partial charge in [-0.3, -0.25) is 37.7 Å². The van der Waals surface area contributed by atoms with E-state index in [-0.39, 0.29) is 111 Å². The fourth-order valence-electron chi connectivity index (χ4n) is 10.9. The molecule has 2 atom stereocenters. The van der Waals surface area contributed by atoms with Gasteiger partial charge < -0.3 is 31.9 Å². The van der Waals surface area contributed by atoms with Crippen LogP contribution in [0.4, 0.5) is 68.7 Å². The van der Waals surface area contributed by atoms with E-state index < -0.39 is 49.4 Å². The Morgan fingerprint density at radius 1 is 0.575 bits per heavy atom. The minimum atomic E-state index is -2.72. The molecule has 0 radical (unpaired) electrons. The molecule has 12 rings (SSSR count). The van der Waals surface area contributed by atoms with Gasteiger partial charge in [-0.15, -0.1) is 43.1 Å². The van der Waals surface area contributed by atoms with Crippen LogP contribution in [0.3, 0.4) is 0 Å². The zero-order valence-electron chi connectivity index (χ0n) is 43.1. The first kappa shape index (κ1) is 55.0. The Labute approximate surface area is 459 Å². The van der Waals surface area contributed by atoms with Crippen LogP contribution in [0.15, 0.2) is 24.8 Å². The Balaban J connectivity index is 0.000000169. The van der Waals surface area contributed by atoms with Gasteiger partial charge in [0.2, 0.25) is 23.7 Å². The number of anilines is 6. The van der Waals surface area contributed by atoms with Crippen LogP contribution in [0.5, 0.6) is 0 Å². The normalized spacial score (nSPS) is 25.6. The molecule has 6 aromatic rings. The van der Waals surface area contributed by atoms with Gasteiger partial charge in [0, 0.05) is 72.0 Å². The molecule has 428 valence electrons. The molecule has 6 aromatic heterocycles. The number of rotatable bonds is 16. The van der Waals surface area contributed by atoms with Crippen molar-refractivity contribution in [2.45, 2.75) is 152 Å². The molecule has 0 bridgehead atoms. The molecule has 0 unspecified atom stereocenters. The molecule has 20 nitrogen and oxygen atoms in total. The summed E-state index contributed by atoms with van der Waals surface area (Å²) in [5, 5.41) is 42.2. The van der Waals surface area contributed by atoms with Crippen molar-refractivity contribution < 1.29 is 54.3 Å². The largest absolute Gasteiger partial charge is 0.349 e. The lowest BCUT2D eigenvalue weighted by atomic mass is 9.83. The Hall–Kier alpha value is -6.98. The summed E-state index contributed by atoms with van der Waals surface area (Å²) in [6.45, 7) is 0. The van der Waals surface area contributed by atoms with Crippen molar-refractivity contribution in [1.29, 1.82) is 0 Å². The molecule has 4 amide bonds. The van der Waals surface area contributed by atoms with Gasteiger partial charge in [0.1, 0.15) is 70.4 Å². The van der Waals surface area contributed by atoms with Crippen molar-refractivity contribution in [2.24, 2.45) is 25.9 Å². The van der Waals surface area contributed by atoms with Crippen molar-refractivity contribution in [3.8, 4) is 0 Å². The van der Waals surface area contributed by atoms with Crippen LogP contribution in [0, 0.1) is 11.8 Å². The maximum Gasteiger partial charge on any atom is 0.282 e. The number of amides is 4. The predicted octanol–water partition coefficient (Wildman–Crippen LogP) is 8.80. The van der Waals surface area contributed by atoms with E-state index in [1.807, 2.05) is 0 Å². The second-order valence-corrected chi connectivity index (χ2v) is 23.5. The van der Waals surface area contributed by atoms with Crippen LogP contribution in [0.25, 0.3) is 0 Å². The second-order valence-electron chi connectivity index (χ2n) is 21.3. The first-order valence-corrected chi connectivity index (χ1v) is 28.0. The molecular formula is C50H56F8N16O4S2. The highest BCUT2D eigenvalue weighted by Crippen LogP contribution is 2.45. The molecule has 4 saturated carbocycles. The van der Waals surface area contributed by atoms with Crippen molar-refractivity contribution in [3.05, 3.63) is 68.2 Å². The lowest BCUT2D eigenvalue weighted by molar-refractivity contribution is -0.124. The number of alkyl halides is 8. The van der Waals surface area contributed by atoms with Crippen LogP contribution in [-0.2, 0) is 49.4 Å². The number of carbonyl (C=O) groups is 4. The minimum Gasteiger partial charge on any atom is -0.349 e. The number of nitrogens with zero attached hydrogens (tertiary/aromatic N) is 10. The maximum atomic E-state index is 13.4. The van der Waals surface area contributed by atoms with Crippen molar-refractivity contribution in [2.75, 3.05) is 21.3 Å². The molecule has 6 aliphatic carbocycles. The third-order valence-electron chi connectivity index (χ3n) is 15.8. The summed E-state index contributed by atoms with van der Waals surface area (Å²) < 4.78 is 112. The summed E-state index contributed by atoms with van der Waals surface area (Å²) >= 11 is 2.68. The third kappa shape index (κ3) is 11.4. The van der Waals surface area contributed by atoms with Crippen LogP contribution >= 0.6 is 22.7 Å². The summed E-state index contributed by atoms with van der Waals surface area (Å²) in [7, 11) is 3.08. The van der Waals surface area contributed by atoms with E-state index in [9.17, 15) is 54.3 Å². The molecule has 4 fully saturated rings. The van der Waals surface area contributed by atoms with Crippen LogP contribution < -0.4 is 31.9 Å². The van der Waals surface area contributed by atoms with E-state index in [1.54, 1.807) is 23.2 Å². The number of nitrogens with one attached hydrogen (secondary N) is 6. The number of thiophene rings is 2. The smallest absolute Gasteiger partial charge is 0.282 e. The average molecular weight is 1160 g/mol. The second kappa shape index (κ2) is 22.5. The Morgan fingerprint density at radius 3 is 1.29 bits per heavy atom. The highest BCUT2D eigenvalue weighted by molar-refractivity contribution is 7.17. The van der Waals surface area contributed by atoms with E-state index in [0.717, 1.165) is 20.9 Å². The molecule has 0 saturated heterocycles. The van der Waals surface area contributed by atoms with Crippen LogP contribution in [0.1, 0.15) is 142 Å². The molecule has 0 aliphatic heterocycles. The van der Waals surface area contributed by atoms with Gasteiger partial charge in [-0.2, -0.15) is 10.2 Å². The van der Waals surface area contributed by atoms with E-state index in [2.05, 4.69) is 62.5 Å². The molecule has 30 heteroatoms. The lowest BCUT2D eigenvalue weighted by Gasteiger charge is -2.31. The summed E-state index contributed by atoms with van der Waals surface area (Å²) in [6, 6.07) is 1.60. The topological polar surface area (TPSA) is 238 Å². The highest BCUT2D eigenvalue weighted by atomic mass is 32.1. The van der Waals surface area contributed by atoms with E-state index >= 15 is 0 Å². The molecule has 6 aliphatic rings. The zero-order chi connectivity index (χ0) is 56.3. The highest BCUT2D eigenvalue weighted by Gasteiger charge is 2.41. The molecule has 0 spiro atoms. The number of fused-ring (bicyclic) bond motifs is 2. The number of aromatic nitrogens is 10.